The molecule has 0 saturated carbocycles. The van der Waals surface area contributed by atoms with E-state index in [1.54, 1.807) is 24.3 Å². The van der Waals surface area contributed by atoms with Crippen LogP contribution in [-0.2, 0) is 14.9 Å². The van der Waals surface area contributed by atoms with Crippen molar-refractivity contribution in [2.24, 2.45) is 5.41 Å². The molecule has 6 nitrogen and oxygen atoms in total. The molecular formula is C16H22N2O4S. The summed E-state index contributed by atoms with van der Waals surface area (Å²) in [4.78, 5) is 13.3. The number of amides is 1. The van der Waals surface area contributed by atoms with Gasteiger partial charge in [0, 0.05) is 24.6 Å². The summed E-state index contributed by atoms with van der Waals surface area (Å²) in [6.45, 7) is 4.34. The van der Waals surface area contributed by atoms with Gasteiger partial charge in [-0.1, -0.05) is 0 Å². The zero-order valence-electron chi connectivity index (χ0n) is 13.2. The monoisotopic (exact) mass is 338 g/mol. The molecule has 2 saturated heterocycles. The smallest absolute Gasteiger partial charge is 0.309 e. The maximum absolute atomic E-state index is 12.4. The Labute approximate surface area is 136 Å². The number of rotatable bonds is 5. The molecule has 23 heavy (non-hydrogen) atoms. The van der Waals surface area contributed by atoms with Crippen LogP contribution in [0.3, 0.4) is 0 Å². The second kappa shape index (κ2) is 6.13. The zero-order valence-corrected chi connectivity index (χ0v) is 14.1. The number of nitrogens with zero attached hydrogens (tertiary/aromatic N) is 1. The molecule has 1 aromatic carbocycles. The minimum absolute atomic E-state index is 0.0734. The van der Waals surface area contributed by atoms with Crippen molar-refractivity contribution in [3.8, 4) is 5.75 Å². The van der Waals surface area contributed by atoms with Crippen molar-refractivity contribution in [1.82, 2.24) is 4.90 Å². The molecule has 0 radical (unpaired) electrons. The van der Waals surface area contributed by atoms with Crippen LogP contribution >= 0.6 is 0 Å². The molecule has 1 aromatic rings. The van der Waals surface area contributed by atoms with Crippen molar-refractivity contribution >= 4 is 21.7 Å². The highest BCUT2D eigenvalue weighted by atomic mass is 32.2. The zero-order chi connectivity index (χ0) is 16.5. The highest BCUT2D eigenvalue weighted by Crippen LogP contribution is 2.40. The lowest BCUT2D eigenvalue weighted by atomic mass is 9.83. The van der Waals surface area contributed by atoms with E-state index in [0.717, 1.165) is 38.9 Å². The SMILES string of the molecule is CC(=O)Nc1ccc(OS(=O)(=O)CC23CCCN(CC2)C3)cc1. The van der Waals surface area contributed by atoms with Crippen LogP contribution in [0.5, 0.6) is 5.75 Å². The van der Waals surface area contributed by atoms with E-state index in [2.05, 4.69) is 10.2 Å². The molecule has 2 heterocycles. The normalized spacial score (nSPS) is 26.7. The van der Waals surface area contributed by atoms with Gasteiger partial charge in [0.25, 0.3) is 0 Å². The van der Waals surface area contributed by atoms with Gasteiger partial charge in [-0.05, 0) is 56.6 Å². The minimum Gasteiger partial charge on any atom is -0.382 e. The second-order valence-electron chi connectivity index (χ2n) is 6.62. The van der Waals surface area contributed by atoms with Crippen molar-refractivity contribution in [2.45, 2.75) is 26.2 Å². The number of hydrogen-bond donors (Lipinski definition) is 1. The molecule has 2 fully saturated rings. The molecule has 3 rings (SSSR count). The number of benzene rings is 1. The number of hydrogen-bond acceptors (Lipinski definition) is 5. The van der Waals surface area contributed by atoms with Gasteiger partial charge in [-0.25, -0.2) is 0 Å². The standard InChI is InChI=1S/C16H22N2O4S/c1-13(19)17-14-3-5-15(6-4-14)22-23(20,21)12-16-7-2-9-18(11-16)10-8-16/h3-6H,2,7-12H2,1H3,(H,17,19). The van der Waals surface area contributed by atoms with Crippen molar-refractivity contribution < 1.29 is 17.4 Å². The molecule has 126 valence electrons. The van der Waals surface area contributed by atoms with Crippen LogP contribution in [0, 0.1) is 5.41 Å². The average molecular weight is 338 g/mol. The third-order valence-corrected chi connectivity index (χ3v) is 5.99. The fraction of sp³-hybridized carbons (Fsp3) is 0.562. The molecule has 0 spiro atoms. The van der Waals surface area contributed by atoms with Gasteiger partial charge in [0.05, 0.1) is 5.75 Å². The number of carbonyl (C=O) groups is 1. The maximum atomic E-state index is 12.4. The quantitative estimate of drug-likeness (QED) is 0.829. The van der Waals surface area contributed by atoms with Crippen LogP contribution in [0.25, 0.3) is 0 Å². The first-order valence-electron chi connectivity index (χ1n) is 7.88. The van der Waals surface area contributed by atoms with Crippen LogP contribution in [0.4, 0.5) is 5.69 Å². The molecule has 2 atom stereocenters. The van der Waals surface area contributed by atoms with Crippen LogP contribution in [0.1, 0.15) is 26.2 Å². The topological polar surface area (TPSA) is 75.7 Å². The summed E-state index contributed by atoms with van der Waals surface area (Å²) >= 11 is 0. The van der Waals surface area contributed by atoms with Gasteiger partial charge >= 0.3 is 10.1 Å². The molecule has 0 aliphatic carbocycles. The third kappa shape index (κ3) is 4.03. The van der Waals surface area contributed by atoms with Crippen molar-refractivity contribution in [2.75, 3.05) is 30.7 Å². The summed E-state index contributed by atoms with van der Waals surface area (Å²) in [6, 6.07) is 6.37. The lowest BCUT2D eigenvalue weighted by Gasteiger charge is -2.33. The molecule has 2 aliphatic heterocycles. The second-order valence-corrected chi connectivity index (χ2v) is 8.19. The van der Waals surface area contributed by atoms with E-state index in [1.807, 2.05) is 0 Å². The van der Waals surface area contributed by atoms with Gasteiger partial charge in [-0.3, -0.25) is 4.79 Å². The Morgan fingerprint density at radius 1 is 1.26 bits per heavy atom. The lowest BCUT2D eigenvalue weighted by Crippen LogP contribution is -2.39. The van der Waals surface area contributed by atoms with Crippen molar-refractivity contribution in [3.63, 3.8) is 0 Å². The van der Waals surface area contributed by atoms with Crippen LogP contribution in [0.2, 0.25) is 0 Å². The summed E-state index contributed by atoms with van der Waals surface area (Å²) in [5.74, 6) is 0.180. The van der Waals surface area contributed by atoms with Gasteiger partial charge in [-0.2, -0.15) is 8.42 Å². The molecule has 1 N–H and O–H groups in total. The Balaban J connectivity index is 1.65. The number of nitrogens with one attached hydrogen (secondary N) is 1. The molecular weight excluding hydrogens is 316 g/mol. The number of piperidine rings is 1. The third-order valence-electron chi connectivity index (χ3n) is 4.58. The van der Waals surface area contributed by atoms with Gasteiger partial charge < -0.3 is 14.4 Å². The molecule has 0 aromatic heterocycles. The van der Waals surface area contributed by atoms with Crippen molar-refractivity contribution in [1.29, 1.82) is 0 Å². The van der Waals surface area contributed by atoms with Gasteiger partial charge in [0.1, 0.15) is 5.75 Å². The van der Waals surface area contributed by atoms with Crippen LogP contribution < -0.4 is 9.50 Å². The van der Waals surface area contributed by atoms with Gasteiger partial charge in [0.15, 0.2) is 0 Å². The van der Waals surface area contributed by atoms with E-state index >= 15 is 0 Å². The van der Waals surface area contributed by atoms with E-state index in [4.69, 9.17) is 4.18 Å². The first kappa shape index (κ1) is 16.3. The van der Waals surface area contributed by atoms with E-state index in [-0.39, 0.29) is 22.8 Å². The molecule has 1 amide bonds. The van der Waals surface area contributed by atoms with E-state index in [9.17, 15) is 13.2 Å². The highest BCUT2D eigenvalue weighted by Gasteiger charge is 2.44. The van der Waals surface area contributed by atoms with E-state index in [1.165, 1.54) is 6.92 Å². The number of anilines is 1. The minimum atomic E-state index is -3.63. The summed E-state index contributed by atoms with van der Waals surface area (Å²) in [7, 11) is -3.63. The Kier molecular flexibility index (Phi) is 4.33. The van der Waals surface area contributed by atoms with Crippen LogP contribution in [0.15, 0.2) is 24.3 Å². The highest BCUT2D eigenvalue weighted by molar-refractivity contribution is 7.87. The predicted octanol–water partition coefficient (Wildman–Crippen LogP) is 1.84. The lowest BCUT2D eigenvalue weighted by molar-refractivity contribution is -0.114. The van der Waals surface area contributed by atoms with E-state index in [0.29, 0.717) is 5.69 Å². The molecule has 2 unspecified atom stereocenters. The summed E-state index contributed by atoms with van der Waals surface area (Å²) in [5, 5.41) is 2.63. The molecule has 2 bridgehead atoms. The largest absolute Gasteiger partial charge is 0.382 e. The fourth-order valence-corrected chi connectivity index (χ4v) is 5.23. The Morgan fingerprint density at radius 3 is 2.70 bits per heavy atom. The van der Waals surface area contributed by atoms with E-state index < -0.39 is 10.1 Å². The molecule has 2 aliphatic rings. The fourth-order valence-electron chi connectivity index (χ4n) is 3.64. The van der Waals surface area contributed by atoms with Crippen LogP contribution in [-0.4, -0.2) is 44.6 Å². The maximum Gasteiger partial charge on any atom is 0.309 e. The summed E-state index contributed by atoms with van der Waals surface area (Å²) in [5.41, 5.74) is 0.465. The first-order chi connectivity index (χ1) is 10.9. The predicted molar refractivity (Wildman–Crippen MR) is 87.9 cm³/mol. The number of carbonyl (C=O) groups excluding carboxylic acids is 1. The summed E-state index contributed by atoms with van der Waals surface area (Å²) in [6.07, 6.45) is 2.94. The average Bonchev–Trinajstić information content (AvgIpc) is 2.73. The molecule has 7 heteroatoms. The van der Waals surface area contributed by atoms with Crippen molar-refractivity contribution in [3.05, 3.63) is 24.3 Å². The number of fused-ring (bicyclic) bond motifs is 2. The summed E-state index contributed by atoms with van der Waals surface area (Å²) < 4.78 is 30.1. The van der Waals surface area contributed by atoms with Gasteiger partial charge in [-0.15, -0.1) is 0 Å². The van der Waals surface area contributed by atoms with Gasteiger partial charge in [0.2, 0.25) is 5.91 Å². The Morgan fingerprint density at radius 2 is 2.00 bits per heavy atom. The Bertz CT molecular complexity index is 683. The Hall–Kier alpha value is -1.60. The first-order valence-corrected chi connectivity index (χ1v) is 9.46.